The maximum Gasteiger partial charge on any atom is 0.222 e. The molecule has 1 heterocycles. The summed E-state index contributed by atoms with van der Waals surface area (Å²) < 4.78 is 0. The van der Waals surface area contributed by atoms with Crippen LogP contribution in [0, 0.1) is 0 Å². The smallest absolute Gasteiger partial charge is 0.222 e. The summed E-state index contributed by atoms with van der Waals surface area (Å²) in [5.41, 5.74) is 1.19. The minimum Gasteiger partial charge on any atom is -0.338 e. The third kappa shape index (κ3) is 9.23. The van der Waals surface area contributed by atoms with Crippen molar-refractivity contribution in [3.05, 3.63) is 42.0 Å². The van der Waals surface area contributed by atoms with E-state index in [0.29, 0.717) is 12.3 Å². The maximum atomic E-state index is 12.8. The van der Waals surface area contributed by atoms with Gasteiger partial charge in [0.05, 0.1) is 0 Å². The Kier molecular flexibility index (Phi) is 10.9. The van der Waals surface area contributed by atoms with Crippen molar-refractivity contribution >= 4 is 12.0 Å². The van der Waals surface area contributed by atoms with Crippen molar-refractivity contribution < 1.29 is 4.79 Å². The molecule has 1 aromatic rings. The van der Waals surface area contributed by atoms with Crippen molar-refractivity contribution in [2.24, 2.45) is 0 Å². The van der Waals surface area contributed by atoms with Crippen LogP contribution in [0.4, 0.5) is 0 Å². The third-order valence-electron chi connectivity index (χ3n) is 5.42. The number of hydrogen-bond donors (Lipinski definition) is 0. The van der Waals surface area contributed by atoms with Crippen LogP contribution >= 0.6 is 0 Å². The fourth-order valence-electron chi connectivity index (χ4n) is 3.68. The first kappa shape index (κ1) is 21.7. The van der Waals surface area contributed by atoms with Crippen molar-refractivity contribution in [3.63, 3.8) is 0 Å². The fourth-order valence-corrected chi connectivity index (χ4v) is 3.68. The fraction of sp³-hybridized carbons (Fsp3) is 0.625. The monoisotopic (exact) mass is 370 g/mol. The topological polar surface area (TPSA) is 23.6 Å². The van der Waals surface area contributed by atoms with Crippen molar-refractivity contribution in [3.8, 4) is 0 Å². The molecule has 150 valence electrons. The van der Waals surface area contributed by atoms with Gasteiger partial charge in [0.25, 0.3) is 0 Å². The van der Waals surface area contributed by atoms with Crippen molar-refractivity contribution in [1.82, 2.24) is 9.80 Å². The molecule has 0 spiro atoms. The molecular formula is C24H38N2O. The SMILES string of the molecule is CCCCCCCC(=O)N(C/C=C/c1ccccc1)CCN1CCCCC1. The van der Waals surface area contributed by atoms with E-state index in [-0.39, 0.29) is 0 Å². The Balaban J connectivity index is 1.82. The van der Waals surface area contributed by atoms with Gasteiger partial charge in [0.15, 0.2) is 0 Å². The summed E-state index contributed by atoms with van der Waals surface area (Å²) in [4.78, 5) is 17.3. The second-order valence-electron chi connectivity index (χ2n) is 7.72. The van der Waals surface area contributed by atoms with Gasteiger partial charge >= 0.3 is 0 Å². The summed E-state index contributed by atoms with van der Waals surface area (Å²) in [7, 11) is 0. The van der Waals surface area contributed by atoms with Crippen LogP contribution in [0.15, 0.2) is 36.4 Å². The van der Waals surface area contributed by atoms with E-state index in [0.717, 1.165) is 26.1 Å². The van der Waals surface area contributed by atoms with E-state index in [4.69, 9.17) is 0 Å². The molecule has 27 heavy (non-hydrogen) atoms. The maximum absolute atomic E-state index is 12.8. The Morgan fingerprint density at radius 2 is 1.78 bits per heavy atom. The highest BCUT2D eigenvalue weighted by molar-refractivity contribution is 5.76. The lowest BCUT2D eigenvalue weighted by Crippen LogP contribution is -2.40. The Hall–Kier alpha value is -1.61. The number of rotatable bonds is 12. The molecule has 1 fully saturated rings. The predicted molar refractivity (Wildman–Crippen MR) is 116 cm³/mol. The van der Waals surface area contributed by atoms with Gasteiger partial charge in [0.2, 0.25) is 5.91 Å². The minimum atomic E-state index is 0.321. The second-order valence-corrected chi connectivity index (χ2v) is 7.72. The molecule has 0 bridgehead atoms. The summed E-state index contributed by atoms with van der Waals surface area (Å²) in [6.07, 6.45) is 14.9. The first-order valence-corrected chi connectivity index (χ1v) is 11.0. The molecule has 1 aromatic carbocycles. The summed E-state index contributed by atoms with van der Waals surface area (Å²) >= 11 is 0. The van der Waals surface area contributed by atoms with Gasteiger partial charge < -0.3 is 9.80 Å². The van der Waals surface area contributed by atoms with E-state index in [2.05, 4.69) is 53.1 Å². The van der Waals surface area contributed by atoms with Gasteiger partial charge in [0, 0.05) is 26.1 Å². The zero-order chi connectivity index (χ0) is 19.2. The van der Waals surface area contributed by atoms with E-state index in [1.807, 2.05) is 6.07 Å². The molecule has 3 heteroatoms. The molecule has 1 aliphatic rings. The largest absolute Gasteiger partial charge is 0.338 e. The Bertz CT molecular complexity index is 535. The van der Waals surface area contributed by atoms with E-state index in [1.54, 1.807) is 0 Å². The number of benzene rings is 1. The third-order valence-corrected chi connectivity index (χ3v) is 5.42. The van der Waals surface area contributed by atoms with Crippen molar-refractivity contribution in [2.75, 3.05) is 32.7 Å². The molecule has 0 unspecified atom stereocenters. The van der Waals surface area contributed by atoms with E-state index < -0.39 is 0 Å². The minimum absolute atomic E-state index is 0.321. The molecule has 1 saturated heterocycles. The average molecular weight is 371 g/mol. The summed E-state index contributed by atoms with van der Waals surface area (Å²) in [5.74, 6) is 0.321. The highest BCUT2D eigenvalue weighted by Gasteiger charge is 2.15. The van der Waals surface area contributed by atoms with E-state index in [1.165, 1.54) is 63.6 Å². The second kappa shape index (κ2) is 13.5. The zero-order valence-electron chi connectivity index (χ0n) is 17.2. The number of carbonyl (C=O) groups excluding carboxylic acids is 1. The molecule has 2 rings (SSSR count). The quantitative estimate of drug-likeness (QED) is 0.462. The summed E-state index contributed by atoms with van der Waals surface area (Å²) in [5, 5.41) is 0. The van der Waals surface area contributed by atoms with Crippen LogP contribution in [-0.2, 0) is 4.79 Å². The van der Waals surface area contributed by atoms with Gasteiger partial charge in [-0.05, 0) is 37.9 Å². The molecule has 0 aromatic heterocycles. The molecule has 1 amide bonds. The predicted octanol–water partition coefficient (Wildman–Crippen LogP) is 5.37. The molecule has 0 aliphatic carbocycles. The van der Waals surface area contributed by atoms with Crippen molar-refractivity contribution in [2.45, 2.75) is 64.7 Å². The first-order valence-electron chi connectivity index (χ1n) is 11.0. The number of carbonyl (C=O) groups is 1. The zero-order valence-corrected chi connectivity index (χ0v) is 17.2. The Morgan fingerprint density at radius 3 is 2.52 bits per heavy atom. The van der Waals surface area contributed by atoms with Crippen LogP contribution in [0.2, 0.25) is 0 Å². The molecule has 3 nitrogen and oxygen atoms in total. The first-order chi connectivity index (χ1) is 13.3. The lowest BCUT2D eigenvalue weighted by atomic mass is 10.1. The molecule has 0 N–H and O–H groups in total. The highest BCUT2D eigenvalue weighted by atomic mass is 16.2. The average Bonchev–Trinajstić information content (AvgIpc) is 2.71. The number of likely N-dealkylation sites (tertiary alicyclic amines) is 1. The Morgan fingerprint density at radius 1 is 1.04 bits per heavy atom. The summed E-state index contributed by atoms with van der Waals surface area (Å²) in [6, 6.07) is 10.3. The lowest BCUT2D eigenvalue weighted by molar-refractivity contribution is -0.131. The molecule has 0 saturated carbocycles. The standard InChI is InChI=1S/C24H38N2O/c1-2-3-4-5-10-17-24(27)26(22-21-25-18-11-7-12-19-25)20-13-16-23-14-8-6-9-15-23/h6,8-9,13-16H,2-5,7,10-12,17-22H2,1H3/b16-13+. The van der Waals surface area contributed by atoms with Gasteiger partial charge in [-0.25, -0.2) is 0 Å². The van der Waals surface area contributed by atoms with E-state index in [9.17, 15) is 4.79 Å². The molecule has 0 radical (unpaired) electrons. The normalized spacial score (nSPS) is 15.3. The number of nitrogens with zero attached hydrogens (tertiary/aromatic N) is 2. The van der Waals surface area contributed by atoms with Crippen LogP contribution in [-0.4, -0.2) is 48.4 Å². The van der Waals surface area contributed by atoms with Gasteiger partial charge in [-0.3, -0.25) is 4.79 Å². The van der Waals surface area contributed by atoms with Gasteiger partial charge in [-0.15, -0.1) is 0 Å². The number of hydrogen-bond acceptors (Lipinski definition) is 2. The summed E-state index contributed by atoms with van der Waals surface area (Å²) in [6.45, 7) is 7.20. The molecular weight excluding hydrogens is 332 g/mol. The van der Waals surface area contributed by atoms with Crippen LogP contribution in [0.5, 0.6) is 0 Å². The number of amides is 1. The highest BCUT2D eigenvalue weighted by Crippen LogP contribution is 2.11. The molecule has 1 aliphatic heterocycles. The van der Waals surface area contributed by atoms with Gasteiger partial charge in [-0.2, -0.15) is 0 Å². The van der Waals surface area contributed by atoms with Crippen LogP contribution in [0.3, 0.4) is 0 Å². The van der Waals surface area contributed by atoms with Crippen LogP contribution in [0.25, 0.3) is 6.08 Å². The lowest BCUT2D eigenvalue weighted by Gasteiger charge is -2.29. The number of unbranched alkanes of at least 4 members (excludes halogenated alkanes) is 4. The molecule has 0 atom stereocenters. The van der Waals surface area contributed by atoms with Gasteiger partial charge in [-0.1, -0.05) is 81.5 Å². The Labute approximate surface area is 166 Å². The van der Waals surface area contributed by atoms with Crippen LogP contribution < -0.4 is 0 Å². The van der Waals surface area contributed by atoms with E-state index >= 15 is 0 Å². The van der Waals surface area contributed by atoms with Crippen LogP contribution in [0.1, 0.15) is 70.3 Å². The van der Waals surface area contributed by atoms with Crippen molar-refractivity contribution in [1.29, 1.82) is 0 Å². The van der Waals surface area contributed by atoms with Gasteiger partial charge in [0.1, 0.15) is 0 Å². The number of piperidine rings is 1.